The Kier molecular flexibility index (Phi) is 22.8. The standard InChI is InChI=1S/C42H44N6O10.4Na/c1-7-23-19(3)27-13-28-21(5)25(9-11-37(49)47-35(41(55)56)17-39(51)52)33(45-28)16-34-26(10-12-38(50)48-36(42(57)58)18-40(53)54)22(6)30(46-34)15-32-24(8-2)20(4)29(44-32)14-31(23)43-27;;;;/h7-8,13-16,35-36,43-44H,1-2,9-12,17-18H2,3-6H3,(H,47,49)(H,48,50)(H,51,52)(H,53,54)(H,55,56)(H,57,58);;;;/q;4*+1/p-4. The second-order valence-corrected chi connectivity index (χ2v) is 13.8. The molecule has 8 bridgehead atoms. The topological polar surface area (TPSA) is 283 Å². The van der Waals surface area contributed by atoms with E-state index in [9.17, 15) is 49.8 Å². The maximum absolute atomic E-state index is 12.9. The average molecular weight is 881 g/mol. The zero-order chi connectivity index (χ0) is 42.6. The van der Waals surface area contributed by atoms with Crippen LogP contribution in [0.3, 0.4) is 0 Å². The van der Waals surface area contributed by atoms with E-state index in [-0.39, 0.29) is 144 Å². The van der Waals surface area contributed by atoms with E-state index in [0.29, 0.717) is 50.6 Å². The molecule has 0 aromatic carbocycles. The third-order valence-electron chi connectivity index (χ3n) is 10.1. The summed E-state index contributed by atoms with van der Waals surface area (Å²) in [6.07, 6.45) is 1.04. The predicted molar refractivity (Wildman–Crippen MR) is 211 cm³/mol. The number of hydrogen-bond donors (Lipinski definition) is 4. The van der Waals surface area contributed by atoms with Crippen LogP contribution < -0.4 is 139 Å². The molecule has 2 aliphatic rings. The van der Waals surface area contributed by atoms with Gasteiger partial charge < -0.3 is 50.2 Å². The number of aryl methyl sites for hydroxylation is 2. The van der Waals surface area contributed by atoms with Gasteiger partial charge in [-0.05, 0) is 123 Å². The second-order valence-electron chi connectivity index (χ2n) is 13.8. The molecule has 3 aromatic heterocycles. The largest absolute Gasteiger partial charge is 1.00 e. The Morgan fingerprint density at radius 3 is 1.32 bits per heavy atom. The van der Waals surface area contributed by atoms with Gasteiger partial charge in [-0.3, -0.25) is 9.98 Å². The third kappa shape index (κ3) is 13.5. The molecule has 302 valence electrons. The Hall–Kier alpha value is -3.10. The van der Waals surface area contributed by atoms with Crippen molar-refractivity contribution in [2.75, 3.05) is 0 Å². The third-order valence-corrected chi connectivity index (χ3v) is 10.1. The molecule has 2 aliphatic heterocycles. The van der Waals surface area contributed by atoms with Gasteiger partial charge in [0.05, 0.1) is 22.8 Å². The summed E-state index contributed by atoms with van der Waals surface area (Å²) in [5, 5.41) is 66.9. The Balaban J connectivity index is 0.00000480. The number of carbonyl (C=O) groups is 4. The zero-order valence-electron chi connectivity index (χ0n) is 36.2. The Labute approximate surface area is 445 Å². The normalized spacial score (nSPS) is 13.4. The number of aliphatic imine (C=N–C) groups is 2. The Morgan fingerprint density at radius 2 is 0.968 bits per heavy atom. The van der Waals surface area contributed by atoms with Crippen molar-refractivity contribution in [1.29, 1.82) is 0 Å². The van der Waals surface area contributed by atoms with Crippen molar-refractivity contribution in [1.82, 2.24) is 19.9 Å². The maximum Gasteiger partial charge on any atom is 1.00 e. The maximum atomic E-state index is 12.9. The minimum absolute atomic E-state index is 0. The van der Waals surface area contributed by atoms with E-state index in [1.165, 1.54) is 0 Å². The van der Waals surface area contributed by atoms with Crippen molar-refractivity contribution in [3.63, 3.8) is 0 Å². The van der Waals surface area contributed by atoms with Gasteiger partial charge in [0.15, 0.2) is 12.1 Å². The summed E-state index contributed by atoms with van der Waals surface area (Å²) in [6.45, 7) is 15.6. The molecule has 0 amide bonds. The first-order chi connectivity index (χ1) is 27.4. The molecular formula is C42H40N6Na4O10. The van der Waals surface area contributed by atoms with E-state index in [1.54, 1.807) is 18.2 Å². The quantitative estimate of drug-likeness (QED) is 0.0593. The molecule has 20 heteroatoms. The van der Waals surface area contributed by atoms with Crippen molar-refractivity contribution in [2.45, 2.75) is 78.3 Å². The van der Waals surface area contributed by atoms with Gasteiger partial charge >= 0.3 is 130 Å². The number of aromatic nitrogens is 4. The fourth-order valence-electron chi connectivity index (χ4n) is 6.94. The number of carboxylic acids is 4. The summed E-state index contributed by atoms with van der Waals surface area (Å²) in [7, 11) is 0. The zero-order valence-corrected chi connectivity index (χ0v) is 44.2. The van der Waals surface area contributed by atoms with Crippen LogP contribution in [-0.2, 0) is 19.2 Å². The first-order valence-corrected chi connectivity index (χ1v) is 18.2. The van der Waals surface area contributed by atoms with Gasteiger partial charge in [-0.1, -0.05) is 25.3 Å². The van der Waals surface area contributed by atoms with Crippen molar-refractivity contribution in [3.8, 4) is 0 Å². The van der Waals surface area contributed by atoms with E-state index in [1.807, 2.05) is 45.9 Å². The summed E-state index contributed by atoms with van der Waals surface area (Å²) in [6, 6.07) is 3.72. The SMILES string of the molecule is C=Cc1c(C)c2cc3[nH]c(cc4nc(cc5nc(cc1[nH]2)C(C)=C5CCC([O-])=NC(CC(=O)[O-])C(=O)O)C(CCC([O-])=NC(CC(=O)[O-])C(=O)O)=C4C)c(C)c3C=C.[Na+].[Na+].[Na+].[Na+]. The molecule has 16 nitrogen and oxygen atoms in total. The molecule has 0 aliphatic carbocycles. The van der Waals surface area contributed by atoms with Crippen molar-refractivity contribution in [2.24, 2.45) is 9.98 Å². The fraction of sp³-hybridized carbons (Fsp3) is 0.286. The van der Waals surface area contributed by atoms with Crippen LogP contribution in [0.1, 0.15) is 97.4 Å². The number of H-pyrrole nitrogens is 2. The van der Waals surface area contributed by atoms with E-state index in [4.69, 9.17) is 9.97 Å². The molecule has 5 heterocycles. The summed E-state index contributed by atoms with van der Waals surface area (Å²) in [5.41, 5.74) is 10.9. The van der Waals surface area contributed by atoms with E-state index < -0.39 is 60.6 Å². The number of fused-ring (bicyclic) bond motifs is 8. The fourth-order valence-corrected chi connectivity index (χ4v) is 6.94. The number of allylic oxidation sites excluding steroid dienone is 4. The molecule has 2 atom stereocenters. The molecule has 5 rings (SSSR count). The number of carboxylic acid groups (broad SMARTS) is 4. The summed E-state index contributed by atoms with van der Waals surface area (Å²) in [5.74, 6) is -8.17. The van der Waals surface area contributed by atoms with E-state index in [0.717, 1.165) is 38.8 Å². The van der Waals surface area contributed by atoms with Crippen molar-refractivity contribution >= 4 is 92.2 Å². The van der Waals surface area contributed by atoms with Gasteiger partial charge in [-0.15, -0.1) is 0 Å². The number of rotatable bonds is 16. The number of aromatic amines is 2. The molecule has 0 spiro atoms. The second kappa shape index (κ2) is 24.8. The first kappa shape index (κ1) is 56.9. The van der Waals surface area contributed by atoms with Crippen LogP contribution in [0.15, 0.2) is 47.4 Å². The molecule has 0 fully saturated rings. The smallest absolute Gasteiger partial charge is 0.862 e. The molecule has 0 saturated heterocycles. The Bertz CT molecular complexity index is 2570. The average Bonchev–Trinajstić information content (AvgIpc) is 3.81. The summed E-state index contributed by atoms with van der Waals surface area (Å²) >= 11 is 0. The molecular weight excluding hydrogens is 840 g/mol. The number of hydrogen-bond acceptors (Lipinski definition) is 12. The molecule has 0 radical (unpaired) electrons. The van der Waals surface area contributed by atoms with Crippen LogP contribution in [0.5, 0.6) is 0 Å². The number of aliphatic carboxylic acids is 4. The minimum Gasteiger partial charge on any atom is -0.862 e. The molecule has 2 unspecified atom stereocenters. The molecule has 3 aromatic rings. The first-order valence-electron chi connectivity index (χ1n) is 18.2. The van der Waals surface area contributed by atoms with Gasteiger partial charge in [0.1, 0.15) is 0 Å². The molecule has 62 heavy (non-hydrogen) atoms. The molecule has 0 saturated carbocycles. The summed E-state index contributed by atoms with van der Waals surface area (Å²) < 4.78 is 0. The van der Waals surface area contributed by atoms with Crippen LogP contribution in [0.2, 0.25) is 0 Å². The monoisotopic (exact) mass is 880 g/mol. The predicted octanol–water partition coefficient (Wildman–Crippen LogP) is -9.64. The van der Waals surface area contributed by atoms with Gasteiger partial charge in [-0.25, -0.2) is 19.6 Å². The number of nitrogens with one attached hydrogen (secondary N) is 2. The van der Waals surface area contributed by atoms with Crippen LogP contribution in [0.4, 0.5) is 0 Å². The van der Waals surface area contributed by atoms with Crippen molar-refractivity contribution < 1.29 is 168 Å². The van der Waals surface area contributed by atoms with Crippen LogP contribution in [0.25, 0.3) is 56.5 Å². The van der Waals surface area contributed by atoms with Gasteiger partial charge in [0, 0.05) is 58.0 Å². The van der Waals surface area contributed by atoms with E-state index >= 15 is 0 Å². The van der Waals surface area contributed by atoms with Crippen LogP contribution >= 0.6 is 0 Å². The number of nitrogens with zero attached hydrogens (tertiary/aromatic N) is 4. The minimum atomic E-state index is -1.81. The van der Waals surface area contributed by atoms with Gasteiger partial charge in [0.2, 0.25) is 0 Å². The van der Waals surface area contributed by atoms with E-state index in [2.05, 4.69) is 33.1 Å². The van der Waals surface area contributed by atoms with Gasteiger partial charge in [-0.2, -0.15) is 0 Å². The van der Waals surface area contributed by atoms with Crippen molar-refractivity contribution in [3.05, 3.63) is 82.5 Å². The van der Waals surface area contributed by atoms with Gasteiger partial charge in [0.25, 0.3) is 0 Å². The number of carbonyl (C=O) groups excluding carboxylic acids is 2. The Morgan fingerprint density at radius 1 is 0.613 bits per heavy atom. The van der Waals surface area contributed by atoms with Crippen LogP contribution in [0, 0.1) is 13.8 Å². The summed E-state index contributed by atoms with van der Waals surface area (Å²) in [4.78, 5) is 69.4. The molecule has 4 N–H and O–H groups in total. The van der Waals surface area contributed by atoms with Crippen LogP contribution in [-0.4, -0.2) is 77.9 Å².